The van der Waals surface area contributed by atoms with E-state index in [4.69, 9.17) is 0 Å². The zero-order chi connectivity index (χ0) is 15.4. The summed E-state index contributed by atoms with van der Waals surface area (Å²) in [5.74, 6) is 0. The molecular formula is C19H26S2. The Labute approximate surface area is 137 Å². The maximum absolute atomic E-state index is 2.35. The van der Waals surface area contributed by atoms with Gasteiger partial charge in [-0.1, -0.05) is 27.7 Å². The molecule has 0 unspecified atom stereocenters. The Hall–Kier alpha value is -0.860. The molecular weight excluding hydrogens is 292 g/mol. The fourth-order valence-electron chi connectivity index (χ4n) is 3.06. The van der Waals surface area contributed by atoms with Gasteiger partial charge in [0.25, 0.3) is 0 Å². The Balaban J connectivity index is 2.36. The van der Waals surface area contributed by atoms with Gasteiger partial charge in [-0.2, -0.15) is 0 Å². The summed E-state index contributed by atoms with van der Waals surface area (Å²) in [4.78, 5) is 4.39. The first-order valence-electron chi connectivity index (χ1n) is 8.04. The molecule has 114 valence electrons. The number of aryl methyl sites for hydroxylation is 2. The van der Waals surface area contributed by atoms with Crippen molar-refractivity contribution in [3.8, 4) is 0 Å². The van der Waals surface area contributed by atoms with Crippen LogP contribution in [0.15, 0.2) is 5.38 Å². The van der Waals surface area contributed by atoms with Gasteiger partial charge in [0.2, 0.25) is 0 Å². The third kappa shape index (κ3) is 3.32. The largest absolute Gasteiger partial charge is 0.144 e. The lowest BCUT2D eigenvalue weighted by molar-refractivity contribution is 1.04. The third-order valence-corrected chi connectivity index (χ3v) is 6.38. The standard InChI is InChI=1S/C19H26S2/c1-6-14-12-20-18(16(14)8-3)10-11-19-17(9-4)15(7-2)13(5)21-19/h10-12H,6-9H2,1-5H3. The molecule has 0 saturated heterocycles. The Morgan fingerprint density at radius 1 is 0.810 bits per heavy atom. The van der Waals surface area contributed by atoms with E-state index in [1.54, 1.807) is 16.7 Å². The SMILES string of the molecule is CCc1csc(C=Cc2sc(C)c(CC)c2CC)c1CC. The van der Waals surface area contributed by atoms with Crippen LogP contribution in [0.4, 0.5) is 0 Å². The molecule has 21 heavy (non-hydrogen) atoms. The molecule has 0 radical (unpaired) electrons. The van der Waals surface area contributed by atoms with Gasteiger partial charge in [-0.05, 0) is 72.4 Å². The molecule has 2 aromatic heterocycles. The molecule has 0 aromatic carbocycles. The van der Waals surface area contributed by atoms with Crippen LogP contribution in [0.2, 0.25) is 0 Å². The summed E-state index contributed by atoms with van der Waals surface area (Å²) < 4.78 is 0. The van der Waals surface area contributed by atoms with E-state index in [2.05, 4.69) is 52.2 Å². The zero-order valence-corrected chi connectivity index (χ0v) is 15.5. The van der Waals surface area contributed by atoms with Crippen LogP contribution in [-0.2, 0) is 25.7 Å². The lowest BCUT2D eigenvalue weighted by Gasteiger charge is -2.01. The molecule has 2 heterocycles. The second-order valence-electron chi connectivity index (χ2n) is 5.33. The molecule has 0 fully saturated rings. The van der Waals surface area contributed by atoms with Gasteiger partial charge in [0.15, 0.2) is 0 Å². The average Bonchev–Trinajstić information content (AvgIpc) is 3.03. The second-order valence-corrected chi connectivity index (χ2v) is 7.50. The van der Waals surface area contributed by atoms with Crippen LogP contribution in [0, 0.1) is 6.92 Å². The molecule has 2 heteroatoms. The molecule has 2 aromatic rings. The van der Waals surface area contributed by atoms with Gasteiger partial charge in [-0.25, -0.2) is 0 Å². The topological polar surface area (TPSA) is 0 Å². The highest BCUT2D eigenvalue weighted by Gasteiger charge is 2.11. The van der Waals surface area contributed by atoms with Crippen molar-refractivity contribution in [2.75, 3.05) is 0 Å². The summed E-state index contributed by atoms with van der Waals surface area (Å²) in [6.07, 6.45) is 9.26. The van der Waals surface area contributed by atoms with Crippen LogP contribution in [0.3, 0.4) is 0 Å². The highest BCUT2D eigenvalue weighted by Crippen LogP contribution is 2.32. The van der Waals surface area contributed by atoms with Crippen molar-refractivity contribution in [1.29, 1.82) is 0 Å². The number of rotatable bonds is 6. The van der Waals surface area contributed by atoms with Crippen molar-refractivity contribution in [1.82, 2.24) is 0 Å². The molecule has 0 aliphatic heterocycles. The Morgan fingerprint density at radius 2 is 1.43 bits per heavy atom. The molecule has 0 saturated carbocycles. The monoisotopic (exact) mass is 318 g/mol. The second kappa shape index (κ2) is 7.42. The van der Waals surface area contributed by atoms with Crippen LogP contribution in [0.5, 0.6) is 0 Å². The lowest BCUT2D eigenvalue weighted by atomic mass is 10.0. The van der Waals surface area contributed by atoms with Gasteiger partial charge >= 0.3 is 0 Å². The van der Waals surface area contributed by atoms with Crippen molar-refractivity contribution in [2.24, 2.45) is 0 Å². The van der Waals surface area contributed by atoms with Crippen LogP contribution in [0.25, 0.3) is 12.2 Å². The van der Waals surface area contributed by atoms with Crippen molar-refractivity contribution < 1.29 is 0 Å². The summed E-state index contributed by atoms with van der Waals surface area (Å²) >= 11 is 3.85. The van der Waals surface area contributed by atoms with E-state index in [0.717, 1.165) is 25.7 Å². The Bertz CT molecular complexity index is 626. The van der Waals surface area contributed by atoms with Crippen LogP contribution in [-0.4, -0.2) is 0 Å². The first-order valence-corrected chi connectivity index (χ1v) is 9.74. The summed E-state index contributed by atoms with van der Waals surface area (Å²) in [7, 11) is 0. The molecule has 0 bridgehead atoms. The minimum Gasteiger partial charge on any atom is -0.144 e. The number of thiophene rings is 2. The smallest absolute Gasteiger partial charge is 0.0308 e. The summed E-state index contributed by atoms with van der Waals surface area (Å²) in [6, 6.07) is 0. The predicted molar refractivity (Wildman–Crippen MR) is 99.8 cm³/mol. The highest BCUT2D eigenvalue weighted by molar-refractivity contribution is 7.13. The van der Waals surface area contributed by atoms with E-state index < -0.39 is 0 Å². The van der Waals surface area contributed by atoms with Gasteiger partial charge < -0.3 is 0 Å². The van der Waals surface area contributed by atoms with E-state index in [-0.39, 0.29) is 0 Å². The summed E-state index contributed by atoms with van der Waals surface area (Å²) in [5.41, 5.74) is 6.19. The zero-order valence-electron chi connectivity index (χ0n) is 13.9. The van der Waals surface area contributed by atoms with Crippen molar-refractivity contribution in [3.63, 3.8) is 0 Å². The maximum atomic E-state index is 2.35. The molecule has 2 rings (SSSR count). The fourth-order valence-corrected chi connectivity index (χ4v) is 5.45. The van der Waals surface area contributed by atoms with E-state index in [9.17, 15) is 0 Å². The van der Waals surface area contributed by atoms with Crippen molar-refractivity contribution in [2.45, 2.75) is 60.3 Å². The van der Waals surface area contributed by atoms with Crippen LogP contribution < -0.4 is 0 Å². The van der Waals surface area contributed by atoms with Crippen LogP contribution in [0.1, 0.15) is 64.6 Å². The first-order chi connectivity index (χ1) is 10.2. The Morgan fingerprint density at radius 3 is 2.00 bits per heavy atom. The lowest BCUT2D eigenvalue weighted by Crippen LogP contribution is -1.89. The van der Waals surface area contributed by atoms with Gasteiger partial charge in [-0.15, -0.1) is 22.7 Å². The van der Waals surface area contributed by atoms with Crippen molar-refractivity contribution in [3.05, 3.63) is 42.3 Å². The maximum Gasteiger partial charge on any atom is 0.0308 e. The predicted octanol–water partition coefficient (Wildman–Crippen LogP) is 6.54. The average molecular weight is 319 g/mol. The molecule has 0 aliphatic rings. The van der Waals surface area contributed by atoms with Crippen LogP contribution >= 0.6 is 22.7 Å². The molecule has 0 aliphatic carbocycles. The molecule has 0 spiro atoms. The first kappa shape index (κ1) is 16.5. The highest BCUT2D eigenvalue weighted by atomic mass is 32.1. The number of hydrogen-bond donors (Lipinski definition) is 0. The minimum absolute atomic E-state index is 1.14. The van der Waals surface area contributed by atoms with Gasteiger partial charge in [0, 0.05) is 14.6 Å². The van der Waals surface area contributed by atoms with Gasteiger partial charge in [0.05, 0.1) is 0 Å². The number of hydrogen-bond acceptors (Lipinski definition) is 2. The minimum atomic E-state index is 1.14. The van der Waals surface area contributed by atoms with E-state index in [1.165, 1.54) is 20.2 Å². The molecule has 0 N–H and O–H groups in total. The van der Waals surface area contributed by atoms with E-state index >= 15 is 0 Å². The Kier molecular flexibility index (Phi) is 5.83. The third-order valence-electron chi connectivity index (χ3n) is 4.19. The molecule has 0 atom stereocenters. The van der Waals surface area contributed by atoms with E-state index in [1.807, 2.05) is 22.7 Å². The summed E-state index contributed by atoms with van der Waals surface area (Å²) in [5, 5.41) is 2.33. The molecule has 0 nitrogen and oxygen atoms in total. The fraction of sp³-hybridized carbons (Fsp3) is 0.474. The summed E-state index contributed by atoms with van der Waals surface area (Å²) in [6.45, 7) is 11.3. The molecule has 0 amide bonds. The van der Waals surface area contributed by atoms with Gasteiger partial charge in [0.1, 0.15) is 0 Å². The van der Waals surface area contributed by atoms with E-state index in [0.29, 0.717) is 0 Å². The quantitative estimate of drug-likeness (QED) is 0.567. The normalized spacial score (nSPS) is 11.7. The van der Waals surface area contributed by atoms with Gasteiger partial charge in [-0.3, -0.25) is 0 Å². The van der Waals surface area contributed by atoms with Crippen molar-refractivity contribution >= 4 is 34.8 Å².